The van der Waals surface area contributed by atoms with Crippen LogP contribution in [-0.2, 0) is 6.54 Å². The molecule has 0 N–H and O–H groups in total. The molecule has 22 heavy (non-hydrogen) atoms. The smallest absolute Gasteiger partial charge is 0.260 e. The molecular weight excluding hydrogens is 296 g/mol. The Kier molecular flexibility index (Phi) is 5.06. The molecule has 0 fully saturated rings. The molecule has 0 aliphatic rings. The van der Waals surface area contributed by atoms with Crippen molar-refractivity contribution >= 4 is 27.3 Å². The van der Waals surface area contributed by atoms with Gasteiger partial charge in [-0.05, 0) is 32.8 Å². The van der Waals surface area contributed by atoms with E-state index in [0.717, 1.165) is 9.58 Å². The van der Waals surface area contributed by atoms with E-state index in [2.05, 4.69) is 13.8 Å². The Morgan fingerprint density at radius 3 is 2.50 bits per heavy atom. The van der Waals surface area contributed by atoms with Crippen LogP contribution in [0.1, 0.15) is 42.9 Å². The molecule has 0 bridgehead atoms. The van der Waals surface area contributed by atoms with Crippen LogP contribution >= 0.6 is 11.3 Å². The summed E-state index contributed by atoms with van der Waals surface area (Å²) in [6, 6.07) is 1.95. The lowest BCUT2D eigenvalue weighted by molar-refractivity contribution is 0.0774. The molecule has 5 heteroatoms. The Morgan fingerprint density at radius 1 is 1.32 bits per heavy atom. The van der Waals surface area contributed by atoms with Crippen molar-refractivity contribution in [3.8, 4) is 0 Å². The van der Waals surface area contributed by atoms with Gasteiger partial charge in [0.05, 0.1) is 10.9 Å². The lowest BCUT2D eigenvalue weighted by Crippen LogP contribution is -2.32. The van der Waals surface area contributed by atoms with Crippen LogP contribution in [0.15, 0.2) is 17.1 Å². The molecule has 0 spiro atoms. The zero-order valence-electron chi connectivity index (χ0n) is 14.0. The standard InChI is InChI=1S/C17H24N2O2S/c1-6-18(7-2)16(20)14-12(5)22-13-8-9-19(10-11(3)4)17(21)15(13)14/h8-9,11H,6-7,10H2,1-5H3. The molecule has 0 aromatic carbocycles. The minimum absolute atomic E-state index is 0.0341. The summed E-state index contributed by atoms with van der Waals surface area (Å²) >= 11 is 1.53. The molecule has 0 aliphatic carbocycles. The average Bonchev–Trinajstić information content (AvgIpc) is 2.79. The summed E-state index contributed by atoms with van der Waals surface area (Å²) < 4.78 is 2.62. The molecule has 120 valence electrons. The Hall–Kier alpha value is -1.62. The largest absolute Gasteiger partial charge is 0.339 e. The van der Waals surface area contributed by atoms with Gasteiger partial charge in [-0.1, -0.05) is 13.8 Å². The predicted octanol–water partition coefficient (Wildman–Crippen LogP) is 3.51. The highest BCUT2D eigenvalue weighted by molar-refractivity contribution is 7.19. The summed E-state index contributed by atoms with van der Waals surface area (Å²) in [6.07, 6.45) is 1.84. The highest BCUT2D eigenvalue weighted by Crippen LogP contribution is 2.29. The van der Waals surface area contributed by atoms with E-state index in [1.54, 1.807) is 9.47 Å². The molecule has 2 aromatic rings. The second-order valence-corrected chi connectivity index (χ2v) is 7.17. The Bertz CT molecular complexity index is 739. The molecule has 4 nitrogen and oxygen atoms in total. The third kappa shape index (κ3) is 2.95. The van der Waals surface area contributed by atoms with E-state index in [1.165, 1.54) is 11.3 Å². The maximum atomic E-state index is 12.8. The van der Waals surface area contributed by atoms with Gasteiger partial charge in [0, 0.05) is 35.4 Å². The maximum Gasteiger partial charge on any atom is 0.260 e. The van der Waals surface area contributed by atoms with Crippen LogP contribution in [0.3, 0.4) is 0 Å². The van der Waals surface area contributed by atoms with Crippen molar-refractivity contribution in [3.05, 3.63) is 33.1 Å². The molecule has 2 rings (SSSR count). The molecular formula is C17H24N2O2S. The number of nitrogens with zero attached hydrogens (tertiary/aromatic N) is 2. The molecule has 0 aliphatic heterocycles. The van der Waals surface area contributed by atoms with E-state index in [0.29, 0.717) is 36.5 Å². The molecule has 2 heterocycles. The lowest BCUT2D eigenvalue weighted by Gasteiger charge is -2.18. The first kappa shape index (κ1) is 16.7. The van der Waals surface area contributed by atoms with Gasteiger partial charge in [0.1, 0.15) is 0 Å². The van der Waals surface area contributed by atoms with Crippen LogP contribution in [0.25, 0.3) is 10.1 Å². The molecule has 0 unspecified atom stereocenters. The summed E-state index contributed by atoms with van der Waals surface area (Å²) in [5.41, 5.74) is 0.540. The quantitative estimate of drug-likeness (QED) is 0.846. The van der Waals surface area contributed by atoms with Gasteiger partial charge in [-0.3, -0.25) is 9.59 Å². The SMILES string of the molecule is CCN(CC)C(=O)c1c(C)sc2ccn(CC(C)C)c(=O)c12. The van der Waals surface area contributed by atoms with Crippen molar-refractivity contribution in [2.45, 2.75) is 41.2 Å². The second-order valence-electron chi connectivity index (χ2n) is 5.92. The Labute approximate surface area is 135 Å². The van der Waals surface area contributed by atoms with E-state index >= 15 is 0 Å². The number of aryl methyl sites for hydroxylation is 1. The van der Waals surface area contributed by atoms with Gasteiger partial charge in [-0.25, -0.2) is 0 Å². The molecule has 0 saturated carbocycles. The highest BCUT2D eigenvalue weighted by atomic mass is 32.1. The number of aromatic nitrogens is 1. The van der Waals surface area contributed by atoms with Crippen molar-refractivity contribution in [2.75, 3.05) is 13.1 Å². The first-order valence-electron chi connectivity index (χ1n) is 7.82. The monoisotopic (exact) mass is 320 g/mol. The first-order chi connectivity index (χ1) is 10.4. The molecule has 1 amide bonds. The number of fused-ring (bicyclic) bond motifs is 1. The van der Waals surface area contributed by atoms with Crippen molar-refractivity contribution < 1.29 is 4.79 Å². The Morgan fingerprint density at radius 2 is 1.95 bits per heavy atom. The number of hydrogen-bond acceptors (Lipinski definition) is 3. The predicted molar refractivity (Wildman–Crippen MR) is 92.9 cm³/mol. The van der Waals surface area contributed by atoms with Gasteiger partial charge in [-0.15, -0.1) is 11.3 Å². The molecule has 0 atom stereocenters. The van der Waals surface area contributed by atoms with Crippen LogP contribution in [0.4, 0.5) is 0 Å². The minimum Gasteiger partial charge on any atom is -0.339 e. The topological polar surface area (TPSA) is 42.3 Å². The molecule has 2 aromatic heterocycles. The number of rotatable bonds is 5. The van der Waals surface area contributed by atoms with E-state index in [-0.39, 0.29) is 11.5 Å². The number of thiophene rings is 1. The number of pyridine rings is 1. The van der Waals surface area contributed by atoms with Gasteiger partial charge >= 0.3 is 0 Å². The fourth-order valence-electron chi connectivity index (χ4n) is 2.73. The van der Waals surface area contributed by atoms with Gasteiger partial charge < -0.3 is 9.47 Å². The first-order valence-corrected chi connectivity index (χ1v) is 8.64. The normalized spacial score (nSPS) is 11.4. The summed E-state index contributed by atoms with van der Waals surface area (Å²) in [7, 11) is 0. The van der Waals surface area contributed by atoms with Gasteiger partial charge in [0.25, 0.3) is 11.5 Å². The summed E-state index contributed by atoms with van der Waals surface area (Å²) in [5, 5.41) is 0.586. The van der Waals surface area contributed by atoms with Crippen LogP contribution in [0, 0.1) is 12.8 Å². The fraction of sp³-hybridized carbons (Fsp3) is 0.529. The average molecular weight is 320 g/mol. The molecule has 0 radical (unpaired) electrons. The number of carbonyl (C=O) groups is 1. The number of carbonyl (C=O) groups excluding carboxylic acids is 1. The van der Waals surface area contributed by atoms with E-state index in [4.69, 9.17) is 0 Å². The van der Waals surface area contributed by atoms with Crippen molar-refractivity contribution in [1.29, 1.82) is 0 Å². The summed E-state index contributed by atoms with van der Waals surface area (Å²) in [6.45, 7) is 12.0. The lowest BCUT2D eigenvalue weighted by atomic mass is 10.1. The number of hydrogen-bond donors (Lipinski definition) is 0. The summed E-state index contributed by atoms with van der Waals surface area (Å²) in [4.78, 5) is 28.3. The van der Waals surface area contributed by atoms with Crippen LogP contribution in [0.5, 0.6) is 0 Å². The third-order valence-electron chi connectivity index (χ3n) is 3.82. The van der Waals surface area contributed by atoms with Crippen molar-refractivity contribution in [2.24, 2.45) is 5.92 Å². The van der Waals surface area contributed by atoms with Crippen molar-refractivity contribution in [3.63, 3.8) is 0 Å². The number of amides is 1. The fourth-order valence-corrected chi connectivity index (χ4v) is 3.77. The van der Waals surface area contributed by atoms with Crippen molar-refractivity contribution in [1.82, 2.24) is 9.47 Å². The van der Waals surface area contributed by atoms with E-state index < -0.39 is 0 Å². The van der Waals surface area contributed by atoms with Gasteiger partial charge in [0.15, 0.2) is 0 Å². The van der Waals surface area contributed by atoms with E-state index in [9.17, 15) is 9.59 Å². The van der Waals surface area contributed by atoms with Crippen LogP contribution in [0.2, 0.25) is 0 Å². The highest BCUT2D eigenvalue weighted by Gasteiger charge is 2.23. The van der Waals surface area contributed by atoms with E-state index in [1.807, 2.05) is 33.0 Å². The third-order valence-corrected chi connectivity index (χ3v) is 4.89. The molecule has 0 saturated heterocycles. The van der Waals surface area contributed by atoms with Crippen LogP contribution < -0.4 is 5.56 Å². The van der Waals surface area contributed by atoms with Crippen LogP contribution in [-0.4, -0.2) is 28.5 Å². The maximum absolute atomic E-state index is 12.8. The van der Waals surface area contributed by atoms with Gasteiger partial charge in [0.2, 0.25) is 0 Å². The second kappa shape index (κ2) is 6.65. The summed E-state index contributed by atoms with van der Waals surface area (Å²) in [5.74, 6) is 0.352. The Balaban J connectivity index is 2.66. The zero-order valence-corrected chi connectivity index (χ0v) is 14.8. The minimum atomic E-state index is -0.0499. The van der Waals surface area contributed by atoms with Gasteiger partial charge in [-0.2, -0.15) is 0 Å². The zero-order chi connectivity index (χ0) is 16.4.